The number of hydrogen-bond acceptors (Lipinski definition) is 2. The van der Waals surface area contributed by atoms with Crippen LogP contribution in [0.4, 0.5) is 0 Å². The summed E-state index contributed by atoms with van der Waals surface area (Å²) < 4.78 is 0. The molecule has 1 aliphatic heterocycles. The van der Waals surface area contributed by atoms with Crippen LogP contribution in [0.3, 0.4) is 0 Å². The first-order valence-corrected chi connectivity index (χ1v) is 7.05. The van der Waals surface area contributed by atoms with E-state index in [-0.39, 0.29) is 0 Å². The van der Waals surface area contributed by atoms with Gasteiger partial charge in [0.05, 0.1) is 0 Å². The van der Waals surface area contributed by atoms with Gasteiger partial charge in [-0.25, -0.2) is 0 Å². The summed E-state index contributed by atoms with van der Waals surface area (Å²) in [4.78, 5) is 5.09. The van der Waals surface area contributed by atoms with Gasteiger partial charge in [0, 0.05) is 19.6 Å². The van der Waals surface area contributed by atoms with Crippen molar-refractivity contribution in [2.24, 2.45) is 0 Å². The number of hydrogen-bond donors (Lipinski definition) is 0. The molecule has 0 spiro atoms. The molecule has 0 saturated carbocycles. The van der Waals surface area contributed by atoms with Gasteiger partial charge in [-0.15, -0.1) is 0 Å². The Bertz CT molecular complexity index is 359. The molecule has 18 heavy (non-hydrogen) atoms. The van der Waals surface area contributed by atoms with E-state index in [2.05, 4.69) is 59.2 Å². The number of rotatable bonds is 4. The fourth-order valence-corrected chi connectivity index (χ4v) is 2.43. The molecule has 2 rings (SSSR count). The van der Waals surface area contributed by atoms with Crippen molar-refractivity contribution in [2.75, 3.05) is 39.3 Å². The Hall–Kier alpha value is -1.12. The average Bonchev–Trinajstić information content (AvgIpc) is 2.65. The smallest absolute Gasteiger partial charge is 0.0167 e. The lowest BCUT2D eigenvalue weighted by molar-refractivity contribution is 0.278. The Balaban J connectivity index is 1.78. The van der Waals surface area contributed by atoms with Gasteiger partial charge >= 0.3 is 0 Å². The van der Waals surface area contributed by atoms with Gasteiger partial charge in [-0.2, -0.15) is 0 Å². The standard InChI is InChI=1S/C16H24N2/c1-2-17-12-7-13-18(15-14-17)11-6-10-16-8-4-3-5-9-16/h3-6,8-10H,2,7,11-15H2,1H3/b10-6+. The zero-order valence-electron chi connectivity index (χ0n) is 11.4. The largest absolute Gasteiger partial charge is 0.302 e. The van der Waals surface area contributed by atoms with E-state index in [1.165, 1.54) is 44.7 Å². The Kier molecular flexibility index (Phi) is 5.43. The van der Waals surface area contributed by atoms with Crippen LogP contribution in [0.2, 0.25) is 0 Å². The summed E-state index contributed by atoms with van der Waals surface area (Å²) in [6.07, 6.45) is 5.81. The van der Waals surface area contributed by atoms with Crippen LogP contribution in [0.15, 0.2) is 36.4 Å². The Labute approximate surface area is 111 Å². The van der Waals surface area contributed by atoms with E-state index in [9.17, 15) is 0 Å². The molecule has 0 atom stereocenters. The maximum atomic E-state index is 2.55. The summed E-state index contributed by atoms with van der Waals surface area (Å²) in [6, 6.07) is 10.5. The second-order valence-electron chi connectivity index (χ2n) is 4.90. The van der Waals surface area contributed by atoms with Crippen molar-refractivity contribution in [3.63, 3.8) is 0 Å². The molecule has 0 amide bonds. The summed E-state index contributed by atoms with van der Waals surface area (Å²) in [7, 11) is 0. The molecule has 1 heterocycles. The summed E-state index contributed by atoms with van der Waals surface area (Å²) in [5.41, 5.74) is 1.29. The topological polar surface area (TPSA) is 6.48 Å². The molecule has 1 aromatic rings. The van der Waals surface area contributed by atoms with Crippen LogP contribution in [0.1, 0.15) is 18.9 Å². The Morgan fingerprint density at radius 3 is 2.50 bits per heavy atom. The van der Waals surface area contributed by atoms with Crippen LogP contribution >= 0.6 is 0 Å². The minimum atomic E-state index is 1.08. The third kappa shape index (κ3) is 4.28. The normalized spacial score (nSPS) is 19.2. The minimum absolute atomic E-state index is 1.08. The SMILES string of the molecule is CCN1CCCN(C/C=C/c2ccccc2)CC1. The van der Waals surface area contributed by atoms with Crippen molar-refractivity contribution in [3.05, 3.63) is 42.0 Å². The van der Waals surface area contributed by atoms with Crippen LogP contribution in [0.25, 0.3) is 6.08 Å². The van der Waals surface area contributed by atoms with Crippen molar-refractivity contribution in [1.82, 2.24) is 9.80 Å². The fourth-order valence-electron chi connectivity index (χ4n) is 2.43. The lowest BCUT2D eigenvalue weighted by Crippen LogP contribution is -2.30. The highest BCUT2D eigenvalue weighted by Gasteiger charge is 2.11. The maximum Gasteiger partial charge on any atom is 0.0167 e. The quantitative estimate of drug-likeness (QED) is 0.803. The van der Waals surface area contributed by atoms with Crippen molar-refractivity contribution < 1.29 is 0 Å². The summed E-state index contributed by atoms with van der Waals surface area (Å²) in [5.74, 6) is 0. The molecule has 1 aromatic carbocycles. The van der Waals surface area contributed by atoms with Gasteiger partial charge in [0.1, 0.15) is 0 Å². The highest BCUT2D eigenvalue weighted by molar-refractivity contribution is 5.48. The van der Waals surface area contributed by atoms with E-state index >= 15 is 0 Å². The van der Waals surface area contributed by atoms with Gasteiger partial charge in [0.2, 0.25) is 0 Å². The van der Waals surface area contributed by atoms with E-state index < -0.39 is 0 Å². The number of nitrogens with zero attached hydrogens (tertiary/aromatic N) is 2. The molecule has 1 fully saturated rings. The molecule has 0 aromatic heterocycles. The monoisotopic (exact) mass is 244 g/mol. The maximum absolute atomic E-state index is 2.55. The molecule has 0 aliphatic carbocycles. The Morgan fingerprint density at radius 1 is 1.00 bits per heavy atom. The van der Waals surface area contributed by atoms with E-state index in [4.69, 9.17) is 0 Å². The van der Waals surface area contributed by atoms with Crippen molar-refractivity contribution in [3.8, 4) is 0 Å². The summed E-state index contributed by atoms with van der Waals surface area (Å²) >= 11 is 0. The predicted octanol–water partition coefficient (Wildman–Crippen LogP) is 2.73. The number of benzene rings is 1. The molecule has 0 radical (unpaired) electrons. The van der Waals surface area contributed by atoms with E-state index in [0.29, 0.717) is 0 Å². The molecule has 0 bridgehead atoms. The first-order chi connectivity index (χ1) is 8.88. The minimum Gasteiger partial charge on any atom is -0.302 e. The third-order valence-electron chi connectivity index (χ3n) is 3.60. The molecule has 1 saturated heterocycles. The second-order valence-corrected chi connectivity index (χ2v) is 4.90. The van der Waals surface area contributed by atoms with E-state index in [1.54, 1.807) is 0 Å². The van der Waals surface area contributed by atoms with Gasteiger partial charge in [0.25, 0.3) is 0 Å². The van der Waals surface area contributed by atoms with Crippen LogP contribution in [0.5, 0.6) is 0 Å². The van der Waals surface area contributed by atoms with Crippen LogP contribution in [0, 0.1) is 0 Å². The van der Waals surface area contributed by atoms with Crippen LogP contribution in [-0.2, 0) is 0 Å². The van der Waals surface area contributed by atoms with E-state index in [0.717, 1.165) is 6.54 Å². The first kappa shape index (κ1) is 13.3. The fraction of sp³-hybridized carbons (Fsp3) is 0.500. The van der Waals surface area contributed by atoms with E-state index in [1.807, 2.05) is 0 Å². The van der Waals surface area contributed by atoms with Gasteiger partial charge in [-0.3, -0.25) is 4.90 Å². The molecule has 1 aliphatic rings. The second kappa shape index (κ2) is 7.34. The van der Waals surface area contributed by atoms with Crippen LogP contribution < -0.4 is 0 Å². The molecular formula is C16H24N2. The van der Waals surface area contributed by atoms with Gasteiger partial charge in [-0.05, 0) is 31.6 Å². The highest BCUT2D eigenvalue weighted by atomic mass is 15.2. The lowest BCUT2D eigenvalue weighted by Gasteiger charge is -2.19. The van der Waals surface area contributed by atoms with Crippen molar-refractivity contribution in [1.29, 1.82) is 0 Å². The first-order valence-electron chi connectivity index (χ1n) is 7.05. The molecule has 2 nitrogen and oxygen atoms in total. The van der Waals surface area contributed by atoms with Gasteiger partial charge in [-0.1, -0.05) is 49.4 Å². The zero-order chi connectivity index (χ0) is 12.6. The molecule has 2 heteroatoms. The molecular weight excluding hydrogens is 220 g/mol. The Morgan fingerprint density at radius 2 is 1.72 bits per heavy atom. The average molecular weight is 244 g/mol. The van der Waals surface area contributed by atoms with Gasteiger partial charge < -0.3 is 4.90 Å². The lowest BCUT2D eigenvalue weighted by atomic mass is 10.2. The molecule has 0 unspecified atom stereocenters. The summed E-state index contributed by atoms with van der Waals surface area (Å²) in [5, 5.41) is 0. The van der Waals surface area contributed by atoms with Gasteiger partial charge in [0.15, 0.2) is 0 Å². The van der Waals surface area contributed by atoms with Crippen LogP contribution in [-0.4, -0.2) is 49.1 Å². The number of likely N-dealkylation sites (N-methyl/N-ethyl adjacent to an activating group) is 1. The zero-order valence-corrected chi connectivity index (χ0v) is 11.4. The third-order valence-corrected chi connectivity index (χ3v) is 3.60. The molecule has 0 N–H and O–H groups in total. The van der Waals surface area contributed by atoms with Crippen molar-refractivity contribution >= 4 is 6.08 Å². The van der Waals surface area contributed by atoms with Crippen molar-refractivity contribution in [2.45, 2.75) is 13.3 Å². The predicted molar refractivity (Wildman–Crippen MR) is 78.6 cm³/mol. The summed E-state index contributed by atoms with van der Waals surface area (Å²) in [6.45, 7) is 9.43. The highest BCUT2D eigenvalue weighted by Crippen LogP contribution is 2.04. The molecule has 98 valence electrons.